The van der Waals surface area contributed by atoms with Crippen molar-refractivity contribution in [2.24, 2.45) is 11.7 Å². The molecule has 1 aliphatic carbocycles. The Balaban J connectivity index is 0.00000242. The lowest BCUT2D eigenvalue weighted by atomic mass is 9.85. The number of anilines is 1. The van der Waals surface area contributed by atoms with E-state index in [1.54, 1.807) is 12.1 Å². The van der Waals surface area contributed by atoms with Gasteiger partial charge in [0.15, 0.2) is 0 Å². The van der Waals surface area contributed by atoms with Crippen molar-refractivity contribution >= 4 is 41.6 Å². The number of carbonyl (C=O) groups is 2. The average molecular weight is 347 g/mol. The summed E-state index contributed by atoms with van der Waals surface area (Å²) in [7, 11) is 1.29. The van der Waals surface area contributed by atoms with Crippen molar-refractivity contribution in [2.75, 3.05) is 12.4 Å². The van der Waals surface area contributed by atoms with Crippen LogP contribution in [-0.4, -0.2) is 25.0 Å². The third kappa shape index (κ3) is 4.60. The Morgan fingerprint density at radius 1 is 1.36 bits per heavy atom. The van der Waals surface area contributed by atoms with Gasteiger partial charge < -0.3 is 15.8 Å². The predicted octanol–water partition coefficient (Wildman–Crippen LogP) is 3.00. The van der Waals surface area contributed by atoms with Crippen molar-refractivity contribution in [1.82, 2.24) is 0 Å². The summed E-state index contributed by atoms with van der Waals surface area (Å²) < 4.78 is 4.62. The summed E-state index contributed by atoms with van der Waals surface area (Å²) in [5, 5.41) is 3.08. The summed E-state index contributed by atoms with van der Waals surface area (Å²) >= 11 is 6.02. The van der Waals surface area contributed by atoms with Crippen molar-refractivity contribution in [3.8, 4) is 0 Å². The van der Waals surface area contributed by atoms with Gasteiger partial charge in [0, 0.05) is 17.6 Å². The lowest BCUT2D eigenvalue weighted by molar-refractivity contribution is -0.120. The van der Waals surface area contributed by atoms with Crippen LogP contribution in [-0.2, 0) is 9.53 Å². The van der Waals surface area contributed by atoms with E-state index in [-0.39, 0.29) is 40.9 Å². The van der Waals surface area contributed by atoms with Gasteiger partial charge in [0.2, 0.25) is 5.91 Å². The number of hydrogen-bond donors (Lipinski definition) is 2. The van der Waals surface area contributed by atoms with Crippen molar-refractivity contribution in [2.45, 2.75) is 31.7 Å². The quantitative estimate of drug-likeness (QED) is 0.824. The molecule has 1 aromatic carbocycles. The lowest BCUT2D eigenvalue weighted by Crippen LogP contribution is -2.34. The van der Waals surface area contributed by atoms with E-state index in [0.717, 1.165) is 19.3 Å². The number of methoxy groups -OCH3 is 1. The van der Waals surface area contributed by atoms with Crippen LogP contribution in [0, 0.1) is 5.92 Å². The van der Waals surface area contributed by atoms with Gasteiger partial charge in [0.25, 0.3) is 0 Å². The van der Waals surface area contributed by atoms with Crippen molar-refractivity contribution in [3.05, 3.63) is 28.8 Å². The first-order valence-corrected chi connectivity index (χ1v) is 7.33. The molecule has 1 aliphatic rings. The summed E-state index contributed by atoms with van der Waals surface area (Å²) in [6.07, 6.45) is 3.51. The Labute approximate surface area is 140 Å². The molecule has 122 valence electrons. The molecule has 0 heterocycles. The monoisotopic (exact) mass is 346 g/mol. The van der Waals surface area contributed by atoms with Crippen LogP contribution in [0.3, 0.4) is 0 Å². The van der Waals surface area contributed by atoms with Gasteiger partial charge in [-0.1, -0.05) is 18.0 Å². The minimum Gasteiger partial charge on any atom is -0.465 e. The summed E-state index contributed by atoms with van der Waals surface area (Å²) in [4.78, 5) is 23.6. The first-order valence-electron chi connectivity index (χ1n) is 6.95. The highest BCUT2D eigenvalue weighted by Crippen LogP contribution is 2.26. The fourth-order valence-electron chi connectivity index (χ4n) is 2.58. The maximum Gasteiger partial charge on any atom is 0.339 e. The summed E-state index contributed by atoms with van der Waals surface area (Å²) in [6.45, 7) is 0. The highest BCUT2D eigenvalue weighted by molar-refractivity contribution is 6.34. The van der Waals surface area contributed by atoms with E-state index < -0.39 is 5.97 Å². The summed E-state index contributed by atoms with van der Waals surface area (Å²) in [5.41, 5.74) is 6.74. The van der Waals surface area contributed by atoms with Crippen LogP contribution in [0.1, 0.15) is 36.0 Å². The molecule has 0 radical (unpaired) electrons. The highest BCUT2D eigenvalue weighted by atomic mass is 35.5. The van der Waals surface area contributed by atoms with Gasteiger partial charge in [0.05, 0.1) is 17.7 Å². The fraction of sp³-hybridized carbons (Fsp3) is 0.467. The first-order chi connectivity index (χ1) is 10.0. The number of ether oxygens (including phenoxy) is 1. The van der Waals surface area contributed by atoms with E-state index in [4.69, 9.17) is 17.3 Å². The van der Waals surface area contributed by atoms with E-state index in [1.807, 2.05) is 0 Å². The van der Waals surface area contributed by atoms with E-state index >= 15 is 0 Å². The van der Waals surface area contributed by atoms with Gasteiger partial charge in [-0.15, -0.1) is 12.4 Å². The van der Waals surface area contributed by atoms with Crippen LogP contribution in [0.4, 0.5) is 5.69 Å². The maximum atomic E-state index is 12.2. The van der Waals surface area contributed by atoms with Crippen LogP contribution < -0.4 is 11.1 Å². The Kier molecular flexibility index (Phi) is 7.13. The lowest BCUT2D eigenvalue weighted by Gasteiger charge is -2.25. The molecule has 0 saturated heterocycles. The number of nitrogens with two attached hydrogens (primary N) is 1. The van der Waals surface area contributed by atoms with Crippen molar-refractivity contribution in [3.63, 3.8) is 0 Å². The molecule has 0 spiro atoms. The number of hydrogen-bond acceptors (Lipinski definition) is 4. The number of halogens is 2. The zero-order chi connectivity index (χ0) is 15.4. The van der Waals surface area contributed by atoms with Crippen molar-refractivity contribution in [1.29, 1.82) is 0 Å². The average Bonchev–Trinajstić information content (AvgIpc) is 2.46. The largest absolute Gasteiger partial charge is 0.465 e. The minimum absolute atomic E-state index is 0. The van der Waals surface area contributed by atoms with E-state index in [1.165, 1.54) is 13.2 Å². The number of benzene rings is 1. The van der Waals surface area contributed by atoms with E-state index in [9.17, 15) is 9.59 Å². The van der Waals surface area contributed by atoms with Gasteiger partial charge >= 0.3 is 5.97 Å². The number of carbonyl (C=O) groups excluding carboxylic acids is 2. The van der Waals surface area contributed by atoms with Crippen LogP contribution in [0.5, 0.6) is 0 Å². The standard InChI is InChI=1S/C15H19ClN2O3.ClH/c1-21-15(20)12-6-5-11(8-13(12)16)18-14(19)9-3-2-4-10(17)7-9;/h5-6,8-10H,2-4,7,17H2,1H3,(H,18,19);1H. The molecule has 1 saturated carbocycles. The second-order valence-corrected chi connectivity index (χ2v) is 5.71. The Bertz CT molecular complexity index is 552. The molecule has 5 nitrogen and oxygen atoms in total. The summed E-state index contributed by atoms with van der Waals surface area (Å²) in [5.74, 6) is -0.615. The molecule has 1 fully saturated rings. The second-order valence-electron chi connectivity index (χ2n) is 5.30. The van der Waals surface area contributed by atoms with Crippen LogP contribution in [0.2, 0.25) is 5.02 Å². The van der Waals surface area contributed by atoms with Gasteiger partial charge in [-0.05, 0) is 37.5 Å². The molecule has 7 heteroatoms. The second kappa shape index (κ2) is 8.36. The Morgan fingerprint density at radius 2 is 2.09 bits per heavy atom. The molecular formula is C15H20Cl2N2O3. The number of rotatable bonds is 3. The molecule has 0 aromatic heterocycles. The third-order valence-corrected chi connectivity index (χ3v) is 4.04. The molecule has 1 amide bonds. The highest BCUT2D eigenvalue weighted by Gasteiger charge is 2.25. The molecule has 1 aromatic rings. The first kappa shape index (κ1) is 18.7. The van der Waals surface area contributed by atoms with Crippen LogP contribution >= 0.6 is 24.0 Å². The molecule has 2 atom stereocenters. The molecular weight excluding hydrogens is 327 g/mol. The van der Waals surface area contributed by atoms with Gasteiger partial charge in [-0.3, -0.25) is 4.79 Å². The Hall–Kier alpha value is -1.30. The summed E-state index contributed by atoms with van der Waals surface area (Å²) in [6, 6.07) is 4.82. The topological polar surface area (TPSA) is 81.4 Å². The van der Waals surface area contributed by atoms with Crippen LogP contribution in [0.25, 0.3) is 0 Å². The molecule has 2 unspecified atom stereocenters. The predicted molar refractivity (Wildman–Crippen MR) is 88.6 cm³/mol. The minimum atomic E-state index is -0.504. The molecule has 0 bridgehead atoms. The molecule has 3 N–H and O–H groups in total. The van der Waals surface area contributed by atoms with Gasteiger partial charge in [-0.2, -0.15) is 0 Å². The molecule has 0 aliphatic heterocycles. The number of amides is 1. The van der Waals surface area contributed by atoms with Gasteiger partial charge in [0.1, 0.15) is 0 Å². The number of esters is 1. The Morgan fingerprint density at radius 3 is 2.68 bits per heavy atom. The maximum absolute atomic E-state index is 12.2. The third-order valence-electron chi connectivity index (χ3n) is 3.73. The smallest absolute Gasteiger partial charge is 0.339 e. The zero-order valence-electron chi connectivity index (χ0n) is 12.3. The van der Waals surface area contributed by atoms with Crippen LogP contribution in [0.15, 0.2) is 18.2 Å². The van der Waals surface area contributed by atoms with E-state index in [2.05, 4.69) is 10.1 Å². The normalized spacial score (nSPS) is 20.7. The van der Waals surface area contributed by atoms with Crippen molar-refractivity contribution < 1.29 is 14.3 Å². The fourth-order valence-corrected chi connectivity index (χ4v) is 2.84. The zero-order valence-corrected chi connectivity index (χ0v) is 13.9. The SMILES string of the molecule is COC(=O)c1ccc(NC(=O)C2CCCC(N)C2)cc1Cl.Cl. The number of nitrogens with one attached hydrogen (secondary N) is 1. The molecule has 22 heavy (non-hydrogen) atoms. The molecule has 2 rings (SSSR count). The van der Waals surface area contributed by atoms with E-state index in [0.29, 0.717) is 12.1 Å². The van der Waals surface area contributed by atoms with Gasteiger partial charge in [-0.25, -0.2) is 4.79 Å².